The van der Waals surface area contributed by atoms with Gasteiger partial charge in [-0.3, -0.25) is 4.40 Å². The Bertz CT molecular complexity index is 1150. The Balaban J connectivity index is 2.02. The second kappa shape index (κ2) is 6.53. The number of aryl methyl sites for hydroxylation is 2. The second-order valence-corrected chi connectivity index (χ2v) is 6.55. The van der Waals surface area contributed by atoms with Crippen LogP contribution in [0.1, 0.15) is 30.0 Å². The molecule has 4 heteroatoms. The van der Waals surface area contributed by atoms with Gasteiger partial charge < -0.3 is 5.32 Å². The lowest BCUT2D eigenvalue weighted by Crippen LogP contribution is -2.03. The summed E-state index contributed by atoms with van der Waals surface area (Å²) in [5.41, 5.74) is 6.53. The number of anilines is 2. The standard InChI is InChI=1S/C22H20N4/c1-3-7-16-13-21(24-17-9-6-8-15(2)12-17)26-20-11-5-4-10-19(20)25-22(26)18(16)14-23/h4-6,8-13,24H,3,7H2,1-2H3. The van der Waals surface area contributed by atoms with Crippen molar-refractivity contribution in [3.05, 3.63) is 71.3 Å². The van der Waals surface area contributed by atoms with Gasteiger partial charge in [0, 0.05) is 5.69 Å². The SMILES string of the molecule is CCCc1cc(Nc2cccc(C)c2)n2c(nc3ccccc32)c1C#N. The molecule has 0 aliphatic heterocycles. The van der Waals surface area contributed by atoms with E-state index in [0.29, 0.717) is 5.56 Å². The van der Waals surface area contributed by atoms with Crippen molar-refractivity contribution in [3.63, 3.8) is 0 Å². The summed E-state index contributed by atoms with van der Waals surface area (Å²) in [4.78, 5) is 4.75. The van der Waals surface area contributed by atoms with Crippen LogP contribution in [-0.4, -0.2) is 9.38 Å². The first kappa shape index (κ1) is 16.2. The fraction of sp³-hybridized carbons (Fsp3) is 0.182. The summed E-state index contributed by atoms with van der Waals surface area (Å²) in [5, 5.41) is 13.3. The Hall–Kier alpha value is -3.32. The smallest absolute Gasteiger partial charge is 0.157 e. The number of pyridine rings is 1. The highest BCUT2D eigenvalue weighted by Gasteiger charge is 2.16. The highest BCUT2D eigenvalue weighted by Crippen LogP contribution is 2.29. The largest absolute Gasteiger partial charge is 0.341 e. The van der Waals surface area contributed by atoms with Crippen LogP contribution in [0.4, 0.5) is 11.5 Å². The lowest BCUT2D eigenvalue weighted by molar-refractivity contribution is 0.915. The van der Waals surface area contributed by atoms with Crippen LogP contribution in [0.15, 0.2) is 54.6 Å². The molecule has 128 valence electrons. The lowest BCUT2D eigenvalue weighted by Gasteiger charge is -2.14. The number of nitrogens with zero attached hydrogens (tertiary/aromatic N) is 3. The molecule has 0 aliphatic rings. The predicted molar refractivity (Wildman–Crippen MR) is 106 cm³/mol. The third kappa shape index (κ3) is 2.68. The quantitative estimate of drug-likeness (QED) is 0.544. The van der Waals surface area contributed by atoms with Crippen LogP contribution in [0.3, 0.4) is 0 Å². The highest BCUT2D eigenvalue weighted by atomic mass is 15.1. The number of hydrogen-bond donors (Lipinski definition) is 1. The Labute approximate surface area is 152 Å². The average molecular weight is 340 g/mol. The van der Waals surface area contributed by atoms with E-state index < -0.39 is 0 Å². The molecular weight excluding hydrogens is 320 g/mol. The van der Waals surface area contributed by atoms with Gasteiger partial charge in [0.2, 0.25) is 0 Å². The zero-order chi connectivity index (χ0) is 18.1. The Morgan fingerprint density at radius 2 is 1.96 bits per heavy atom. The molecular formula is C22H20N4. The third-order valence-corrected chi connectivity index (χ3v) is 4.58. The fourth-order valence-corrected chi connectivity index (χ4v) is 3.43. The molecule has 0 aliphatic carbocycles. The van der Waals surface area contributed by atoms with E-state index in [9.17, 15) is 5.26 Å². The van der Waals surface area contributed by atoms with Crippen molar-refractivity contribution in [3.8, 4) is 6.07 Å². The number of fused-ring (bicyclic) bond motifs is 3. The van der Waals surface area contributed by atoms with Gasteiger partial charge in [0.15, 0.2) is 5.65 Å². The summed E-state index contributed by atoms with van der Waals surface area (Å²) in [6.07, 6.45) is 1.83. The minimum atomic E-state index is 0.665. The summed E-state index contributed by atoms with van der Waals surface area (Å²) >= 11 is 0. The van der Waals surface area contributed by atoms with Crippen LogP contribution < -0.4 is 5.32 Å². The average Bonchev–Trinajstić information content (AvgIpc) is 3.02. The normalized spacial score (nSPS) is 11.0. The first-order valence-electron chi connectivity index (χ1n) is 8.88. The van der Waals surface area contributed by atoms with Gasteiger partial charge in [-0.1, -0.05) is 37.6 Å². The molecule has 0 atom stereocenters. The van der Waals surface area contributed by atoms with Gasteiger partial charge in [0.1, 0.15) is 11.9 Å². The van der Waals surface area contributed by atoms with Crippen molar-refractivity contribution in [2.75, 3.05) is 5.32 Å². The van der Waals surface area contributed by atoms with Crippen LogP contribution in [0.25, 0.3) is 16.7 Å². The molecule has 0 radical (unpaired) electrons. The second-order valence-electron chi connectivity index (χ2n) is 6.55. The molecule has 0 bridgehead atoms. The van der Waals surface area contributed by atoms with Crippen molar-refractivity contribution in [2.24, 2.45) is 0 Å². The number of nitriles is 1. The number of aromatic nitrogens is 2. The van der Waals surface area contributed by atoms with E-state index in [0.717, 1.165) is 46.6 Å². The Morgan fingerprint density at radius 3 is 2.73 bits per heavy atom. The van der Waals surface area contributed by atoms with Crippen LogP contribution >= 0.6 is 0 Å². The van der Waals surface area contributed by atoms with Crippen molar-refractivity contribution in [1.29, 1.82) is 5.26 Å². The third-order valence-electron chi connectivity index (χ3n) is 4.58. The topological polar surface area (TPSA) is 53.1 Å². The van der Waals surface area contributed by atoms with Gasteiger partial charge in [-0.2, -0.15) is 5.26 Å². The molecule has 0 saturated heterocycles. The number of rotatable bonds is 4. The summed E-state index contributed by atoms with van der Waals surface area (Å²) in [6, 6.07) is 20.7. The summed E-state index contributed by atoms with van der Waals surface area (Å²) in [5.74, 6) is 0.932. The summed E-state index contributed by atoms with van der Waals surface area (Å²) < 4.78 is 2.05. The molecule has 4 aromatic rings. The molecule has 4 nitrogen and oxygen atoms in total. The van der Waals surface area contributed by atoms with E-state index in [1.807, 2.05) is 30.3 Å². The maximum atomic E-state index is 9.76. The maximum Gasteiger partial charge on any atom is 0.157 e. The molecule has 0 unspecified atom stereocenters. The van der Waals surface area contributed by atoms with E-state index in [1.165, 1.54) is 5.56 Å². The molecule has 0 amide bonds. The molecule has 2 aromatic heterocycles. The number of para-hydroxylation sites is 2. The monoisotopic (exact) mass is 340 g/mol. The van der Waals surface area contributed by atoms with Gasteiger partial charge >= 0.3 is 0 Å². The van der Waals surface area contributed by atoms with E-state index in [1.54, 1.807) is 0 Å². The van der Waals surface area contributed by atoms with Crippen molar-refractivity contribution >= 4 is 28.2 Å². The summed E-state index contributed by atoms with van der Waals surface area (Å²) in [6.45, 7) is 4.20. The number of hydrogen-bond acceptors (Lipinski definition) is 3. The minimum Gasteiger partial charge on any atom is -0.341 e. The van der Waals surface area contributed by atoms with Crippen LogP contribution in [0, 0.1) is 18.3 Å². The number of nitrogens with one attached hydrogen (secondary N) is 1. The van der Waals surface area contributed by atoms with E-state index in [2.05, 4.69) is 53.9 Å². The summed E-state index contributed by atoms with van der Waals surface area (Å²) in [7, 11) is 0. The van der Waals surface area contributed by atoms with Gasteiger partial charge in [-0.15, -0.1) is 0 Å². The van der Waals surface area contributed by atoms with Crippen LogP contribution in [0.5, 0.6) is 0 Å². The zero-order valence-corrected chi connectivity index (χ0v) is 15.0. The fourth-order valence-electron chi connectivity index (χ4n) is 3.43. The van der Waals surface area contributed by atoms with Gasteiger partial charge in [-0.05, 0) is 54.8 Å². The van der Waals surface area contributed by atoms with Crippen molar-refractivity contribution in [1.82, 2.24) is 9.38 Å². The first-order valence-corrected chi connectivity index (χ1v) is 8.88. The molecule has 26 heavy (non-hydrogen) atoms. The van der Waals surface area contributed by atoms with Gasteiger partial charge in [0.25, 0.3) is 0 Å². The minimum absolute atomic E-state index is 0.665. The van der Waals surface area contributed by atoms with Crippen LogP contribution in [-0.2, 0) is 6.42 Å². The lowest BCUT2D eigenvalue weighted by atomic mass is 10.1. The molecule has 0 saturated carbocycles. The zero-order valence-electron chi connectivity index (χ0n) is 15.0. The number of benzene rings is 2. The molecule has 0 spiro atoms. The molecule has 0 fully saturated rings. The molecule has 2 aromatic carbocycles. The van der Waals surface area contributed by atoms with Crippen LogP contribution in [0.2, 0.25) is 0 Å². The highest BCUT2D eigenvalue weighted by molar-refractivity contribution is 5.85. The first-order chi connectivity index (χ1) is 12.7. The Morgan fingerprint density at radius 1 is 1.12 bits per heavy atom. The maximum absolute atomic E-state index is 9.76. The molecule has 1 N–H and O–H groups in total. The van der Waals surface area contributed by atoms with Gasteiger partial charge in [0.05, 0.1) is 16.6 Å². The van der Waals surface area contributed by atoms with Crippen molar-refractivity contribution in [2.45, 2.75) is 26.7 Å². The predicted octanol–water partition coefficient (Wildman–Crippen LogP) is 5.36. The van der Waals surface area contributed by atoms with E-state index in [4.69, 9.17) is 4.98 Å². The van der Waals surface area contributed by atoms with Crippen molar-refractivity contribution < 1.29 is 0 Å². The Kier molecular flexibility index (Phi) is 4.06. The molecule has 4 rings (SSSR count). The van der Waals surface area contributed by atoms with Gasteiger partial charge in [-0.25, -0.2) is 4.98 Å². The molecule has 2 heterocycles. The number of imidazole rings is 1. The van der Waals surface area contributed by atoms with E-state index >= 15 is 0 Å². The van der Waals surface area contributed by atoms with E-state index in [-0.39, 0.29) is 0 Å².